The predicted molar refractivity (Wildman–Crippen MR) is 115 cm³/mol. The zero-order chi connectivity index (χ0) is 20.9. The Morgan fingerprint density at radius 2 is 1.97 bits per heavy atom. The summed E-state index contributed by atoms with van der Waals surface area (Å²) in [6.07, 6.45) is 5.76. The van der Waals surface area contributed by atoms with E-state index in [1.165, 1.54) is 21.1 Å². The van der Waals surface area contributed by atoms with Crippen molar-refractivity contribution < 1.29 is 4.39 Å². The second-order valence-electron chi connectivity index (χ2n) is 6.85. The average Bonchev–Trinajstić information content (AvgIpc) is 3.49. The van der Waals surface area contributed by atoms with Crippen LogP contribution in [0.1, 0.15) is 10.4 Å². The fraction of sp³-hybridized carbons (Fsp3) is 0.190. The van der Waals surface area contributed by atoms with Crippen LogP contribution in [-0.4, -0.2) is 30.7 Å². The van der Waals surface area contributed by atoms with Crippen molar-refractivity contribution in [2.75, 3.05) is 6.54 Å². The third kappa shape index (κ3) is 4.47. The molecule has 0 fully saturated rings. The maximum atomic E-state index is 12.7. The average molecular weight is 425 g/mol. The first-order valence-corrected chi connectivity index (χ1v) is 10.2. The van der Waals surface area contributed by atoms with Crippen LogP contribution in [0.3, 0.4) is 0 Å². The summed E-state index contributed by atoms with van der Waals surface area (Å²) in [7, 11) is 0. The molecular formula is C21H21FN6OS. The number of hydrogen-bond acceptors (Lipinski definition) is 5. The monoisotopic (exact) mass is 424 g/mol. The molecule has 0 bridgehead atoms. The molecule has 0 saturated carbocycles. The highest BCUT2D eigenvalue weighted by Crippen LogP contribution is 2.28. The lowest BCUT2D eigenvalue weighted by Crippen LogP contribution is -2.26. The van der Waals surface area contributed by atoms with E-state index in [0.717, 1.165) is 15.3 Å². The summed E-state index contributed by atoms with van der Waals surface area (Å²) in [6.45, 7) is 1.21. The lowest BCUT2D eigenvalue weighted by molar-refractivity contribution is 0.604. The highest BCUT2D eigenvalue weighted by atomic mass is 32.1. The number of benzene rings is 1. The van der Waals surface area contributed by atoms with E-state index in [1.54, 1.807) is 11.3 Å². The van der Waals surface area contributed by atoms with E-state index in [1.807, 2.05) is 47.4 Å². The number of halogens is 1. The van der Waals surface area contributed by atoms with Crippen LogP contribution in [0.25, 0.3) is 10.4 Å². The van der Waals surface area contributed by atoms with Gasteiger partial charge < -0.3 is 5.73 Å². The molecule has 1 aromatic carbocycles. The number of thiophene rings is 1. The molecule has 3 aromatic heterocycles. The normalized spacial score (nSPS) is 11.9. The van der Waals surface area contributed by atoms with Crippen LogP contribution in [-0.2, 0) is 19.6 Å². The van der Waals surface area contributed by atoms with Gasteiger partial charge in [0.25, 0.3) is 0 Å². The maximum Gasteiger partial charge on any atom is 0.346 e. The maximum absolute atomic E-state index is 12.7. The van der Waals surface area contributed by atoms with Crippen LogP contribution in [0.5, 0.6) is 0 Å². The minimum absolute atomic E-state index is 0.0437. The van der Waals surface area contributed by atoms with E-state index >= 15 is 0 Å². The van der Waals surface area contributed by atoms with Crippen molar-refractivity contribution in [2.24, 2.45) is 5.73 Å². The minimum Gasteiger partial charge on any atom is -0.327 e. The predicted octanol–water partition coefficient (Wildman–Crippen LogP) is 2.88. The van der Waals surface area contributed by atoms with Gasteiger partial charge in [-0.1, -0.05) is 30.3 Å². The number of nitrogens with zero attached hydrogens (tertiary/aromatic N) is 5. The number of hydrogen-bond donors (Lipinski definition) is 1. The quantitative estimate of drug-likeness (QED) is 0.471. The number of aromatic nitrogens is 5. The van der Waals surface area contributed by atoms with E-state index < -0.39 is 0 Å². The third-order valence-corrected chi connectivity index (χ3v) is 5.78. The summed E-state index contributed by atoms with van der Waals surface area (Å²) in [5, 5.41) is 8.50. The van der Waals surface area contributed by atoms with Gasteiger partial charge in [0.05, 0.1) is 32.2 Å². The molecule has 7 nitrogen and oxygen atoms in total. The van der Waals surface area contributed by atoms with Gasteiger partial charge in [0.2, 0.25) is 0 Å². The fourth-order valence-electron chi connectivity index (χ4n) is 3.06. The zero-order valence-electron chi connectivity index (χ0n) is 16.2. The molecule has 0 atom stereocenters. The minimum atomic E-state index is -0.298. The third-order valence-electron chi connectivity index (χ3n) is 4.66. The van der Waals surface area contributed by atoms with Crippen LogP contribution in [0, 0.1) is 0 Å². The molecule has 0 saturated heterocycles. The van der Waals surface area contributed by atoms with Crippen LogP contribution >= 0.6 is 11.3 Å². The van der Waals surface area contributed by atoms with Crippen molar-refractivity contribution in [3.05, 3.63) is 94.0 Å². The summed E-state index contributed by atoms with van der Waals surface area (Å²) in [6, 6.07) is 14.2. The van der Waals surface area contributed by atoms with Crippen LogP contribution < -0.4 is 11.4 Å². The van der Waals surface area contributed by atoms with Crippen LogP contribution in [0.15, 0.2) is 77.9 Å². The summed E-state index contributed by atoms with van der Waals surface area (Å²) < 4.78 is 17.3. The van der Waals surface area contributed by atoms with Crippen molar-refractivity contribution in [2.45, 2.75) is 19.6 Å². The second-order valence-corrected chi connectivity index (χ2v) is 8.02. The zero-order valence-corrected chi connectivity index (χ0v) is 17.0. The topological polar surface area (TPSA) is 83.7 Å². The van der Waals surface area contributed by atoms with E-state index in [-0.39, 0.29) is 18.8 Å². The molecule has 0 unspecified atom stereocenters. The molecule has 0 radical (unpaired) electrons. The fourth-order valence-corrected chi connectivity index (χ4v) is 4.04. The van der Waals surface area contributed by atoms with Gasteiger partial charge in [-0.15, -0.1) is 11.3 Å². The van der Waals surface area contributed by atoms with Gasteiger partial charge in [-0.3, -0.25) is 9.25 Å². The van der Waals surface area contributed by atoms with Gasteiger partial charge in [0.1, 0.15) is 6.33 Å². The Morgan fingerprint density at radius 3 is 2.73 bits per heavy atom. The van der Waals surface area contributed by atoms with Gasteiger partial charge in [0, 0.05) is 28.1 Å². The molecule has 0 spiro atoms. The van der Waals surface area contributed by atoms with Gasteiger partial charge in [-0.05, 0) is 23.3 Å². The first kappa shape index (κ1) is 20.0. The smallest absolute Gasteiger partial charge is 0.327 e. The van der Waals surface area contributed by atoms with E-state index in [4.69, 9.17) is 5.73 Å². The molecule has 30 heavy (non-hydrogen) atoms. The number of rotatable bonds is 8. The van der Waals surface area contributed by atoms with Crippen LogP contribution in [0.2, 0.25) is 0 Å². The molecule has 4 rings (SSSR count). The summed E-state index contributed by atoms with van der Waals surface area (Å²) >= 11 is 1.60. The Hall–Kier alpha value is -3.30. The molecule has 3 heterocycles. The van der Waals surface area contributed by atoms with Gasteiger partial charge in [-0.25, -0.2) is 13.9 Å². The highest BCUT2D eigenvalue weighted by molar-refractivity contribution is 7.15. The lowest BCUT2D eigenvalue weighted by Gasteiger charge is -2.01. The Labute approximate surface area is 176 Å². The van der Waals surface area contributed by atoms with Crippen molar-refractivity contribution >= 4 is 11.3 Å². The summed E-state index contributed by atoms with van der Waals surface area (Å²) in [4.78, 5) is 14.6. The van der Waals surface area contributed by atoms with Crippen molar-refractivity contribution in [3.63, 3.8) is 0 Å². The Balaban J connectivity index is 1.45. The molecule has 154 valence electrons. The van der Waals surface area contributed by atoms with Crippen molar-refractivity contribution in [1.29, 1.82) is 0 Å². The Morgan fingerprint density at radius 1 is 1.13 bits per heavy atom. The molecule has 0 aliphatic rings. The molecule has 0 aliphatic heterocycles. The second kappa shape index (κ2) is 9.02. The molecule has 2 N–H and O–H groups in total. The van der Waals surface area contributed by atoms with Crippen molar-refractivity contribution in [1.82, 2.24) is 24.1 Å². The first-order chi connectivity index (χ1) is 14.7. The van der Waals surface area contributed by atoms with Gasteiger partial charge in [0.15, 0.2) is 0 Å². The molecule has 9 heteroatoms. The first-order valence-electron chi connectivity index (χ1n) is 9.42. The van der Waals surface area contributed by atoms with E-state index in [0.29, 0.717) is 25.0 Å². The summed E-state index contributed by atoms with van der Waals surface area (Å²) in [5.41, 5.74) is 7.69. The highest BCUT2D eigenvalue weighted by Gasteiger charge is 2.10. The largest absolute Gasteiger partial charge is 0.346 e. The van der Waals surface area contributed by atoms with Gasteiger partial charge >= 0.3 is 5.69 Å². The SMILES string of the molecule is NC/C(=C\F)Cn1ncn(Cc2ccc(-c3cnn(Cc4ccccc4)c3)s2)c1=O. The van der Waals surface area contributed by atoms with E-state index in [2.05, 4.69) is 22.3 Å². The summed E-state index contributed by atoms with van der Waals surface area (Å²) in [5.74, 6) is 0. The van der Waals surface area contributed by atoms with E-state index in [9.17, 15) is 9.18 Å². The molecule has 4 aromatic rings. The Bertz CT molecular complexity index is 1200. The standard InChI is InChI=1S/C21H21FN6OS/c22-8-17(9-23)12-28-21(29)26(15-25-28)14-19-6-7-20(30-19)18-10-24-27(13-18)11-16-4-2-1-3-5-16/h1-8,10,13,15H,9,11-12,14,23H2/b17-8+. The molecule has 0 aliphatic carbocycles. The lowest BCUT2D eigenvalue weighted by atomic mass is 10.2. The van der Waals surface area contributed by atoms with Gasteiger partial charge in [-0.2, -0.15) is 10.2 Å². The number of nitrogens with two attached hydrogens (primary N) is 1. The van der Waals surface area contributed by atoms with Crippen molar-refractivity contribution in [3.8, 4) is 10.4 Å². The molecular weight excluding hydrogens is 403 g/mol. The van der Waals surface area contributed by atoms with Crippen LogP contribution in [0.4, 0.5) is 4.39 Å². The Kier molecular flexibility index (Phi) is 6.01. The molecule has 0 amide bonds.